The van der Waals surface area contributed by atoms with Gasteiger partial charge in [0.15, 0.2) is 0 Å². The largest absolute Gasteiger partial charge is 0.465 e. The van der Waals surface area contributed by atoms with Crippen LogP contribution in [0, 0.1) is 13.8 Å². The Balaban J connectivity index is 2.41. The quantitative estimate of drug-likeness (QED) is 0.765. The van der Waals surface area contributed by atoms with Crippen molar-refractivity contribution in [2.24, 2.45) is 0 Å². The highest BCUT2D eigenvalue weighted by Gasteiger charge is 2.10. The highest BCUT2D eigenvalue weighted by molar-refractivity contribution is 7.13. The third-order valence-electron chi connectivity index (χ3n) is 2.50. The highest BCUT2D eigenvalue weighted by atomic mass is 32.1. The van der Waals surface area contributed by atoms with Gasteiger partial charge in [0.05, 0.1) is 12.7 Å². The number of ether oxygens (including phenoxy) is 1. The van der Waals surface area contributed by atoms with Crippen LogP contribution in [0.4, 0.5) is 0 Å². The molecule has 0 amide bonds. The van der Waals surface area contributed by atoms with Crippen LogP contribution < -0.4 is 0 Å². The highest BCUT2D eigenvalue weighted by Crippen LogP contribution is 2.27. The molecule has 0 N–H and O–H groups in total. The van der Waals surface area contributed by atoms with Gasteiger partial charge in [-0.25, -0.2) is 9.78 Å². The number of benzene rings is 1. The SMILES string of the molecule is COC(=O)c1ccc(-c2nc(C)cs2)c(C)c1. The fraction of sp³-hybridized carbons (Fsp3) is 0.231. The van der Waals surface area contributed by atoms with Gasteiger partial charge in [0, 0.05) is 16.6 Å². The van der Waals surface area contributed by atoms with Crippen molar-refractivity contribution >= 4 is 17.3 Å². The number of hydrogen-bond donors (Lipinski definition) is 0. The lowest BCUT2D eigenvalue weighted by atomic mass is 10.1. The van der Waals surface area contributed by atoms with E-state index in [0.29, 0.717) is 5.56 Å². The van der Waals surface area contributed by atoms with Gasteiger partial charge in [0.25, 0.3) is 0 Å². The Bertz CT molecular complexity index is 560. The van der Waals surface area contributed by atoms with Gasteiger partial charge in [-0.15, -0.1) is 11.3 Å². The Morgan fingerprint density at radius 2 is 2.12 bits per heavy atom. The van der Waals surface area contributed by atoms with Crippen molar-refractivity contribution in [3.63, 3.8) is 0 Å². The summed E-state index contributed by atoms with van der Waals surface area (Å²) in [6.07, 6.45) is 0. The number of aromatic nitrogens is 1. The molecule has 0 atom stereocenters. The van der Waals surface area contributed by atoms with Crippen LogP contribution in [0.5, 0.6) is 0 Å². The van der Waals surface area contributed by atoms with Crippen LogP contribution in [-0.2, 0) is 4.74 Å². The molecule has 0 unspecified atom stereocenters. The molecule has 1 aromatic heterocycles. The second-order valence-electron chi connectivity index (χ2n) is 3.82. The molecule has 0 fully saturated rings. The predicted molar refractivity (Wildman–Crippen MR) is 68.4 cm³/mol. The zero-order chi connectivity index (χ0) is 12.4. The van der Waals surface area contributed by atoms with Gasteiger partial charge in [-0.1, -0.05) is 6.07 Å². The van der Waals surface area contributed by atoms with Crippen LogP contribution in [0.25, 0.3) is 10.6 Å². The molecule has 0 aliphatic heterocycles. The van der Waals surface area contributed by atoms with E-state index in [1.165, 1.54) is 7.11 Å². The minimum atomic E-state index is -0.310. The molecular weight excluding hydrogens is 234 g/mol. The molecule has 0 spiro atoms. The lowest BCUT2D eigenvalue weighted by Gasteiger charge is -2.05. The molecule has 17 heavy (non-hydrogen) atoms. The zero-order valence-electron chi connectivity index (χ0n) is 9.98. The molecule has 1 aromatic carbocycles. The molecule has 0 saturated carbocycles. The summed E-state index contributed by atoms with van der Waals surface area (Å²) in [6, 6.07) is 5.52. The van der Waals surface area contributed by atoms with E-state index in [2.05, 4.69) is 9.72 Å². The Morgan fingerprint density at radius 3 is 2.65 bits per heavy atom. The van der Waals surface area contributed by atoms with Gasteiger partial charge in [0.2, 0.25) is 0 Å². The molecule has 0 aliphatic rings. The molecule has 2 rings (SSSR count). The van der Waals surface area contributed by atoms with Crippen LogP contribution in [0.15, 0.2) is 23.6 Å². The fourth-order valence-electron chi connectivity index (χ4n) is 1.63. The van der Waals surface area contributed by atoms with Crippen molar-refractivity contribution < 1.29 is 9.53 Å². The number of methoxy groups -OCH3 is 1. The minimum Gasteiger partial charge on any atom is -0.465 e. The van der Waals surface area contributed by atoms with Crippen molar-refractivity contribution in [3.8, 4) is 10.6 Å². The standard InChI is InChI=1S/C13H13NO2S/c1-8-6-10(13(15)16-3)4-5-11(8)12-14-9(2)7-17-12/h4-7H,1-3H3. The number of hydrogen-bond acceptors (Lipinski definition) is 4. The Morgan fingerprint density at radius 1 is 1.35 bits per heavy atom. The van der Waals surface area contributed by atoms with E-state index >= 15 is 0 Å². The molecule has 0 aliphatic carbocycles. The summed E-state index contributed by atoms with van der Waals surface area (Å²) >= 11 is 1.61. The van der Waals surface area contributed by atoms with Crippen LogP contribution in [0.1, 0.15) is 21.6 Å². The summed E-state index contributed by atoms with van der Waals surface area (Å²) in [5.74, 6) is -0.310. The lowest BCUT2D eigenvalue weighted by molar-refractivity contribution is 0.0600. The predicted octanol–water partition coefficient (Wildman–Crippen LogP) is 3.21. The van der Waals surface area contributed by atoms with Gasteiger partial charge in [0.1, 0.15) is 5.01 Å². The molecule has 0 saturated heterocycles. The van der Waals surface area contributed by atoms with Crippen molar-refractivity contribution in [3.05, 3.63) is 40.4 Å². The molecule has 0 bridgehead atoms. The first-order valence-electron chi connectivity index (χ1n) is 5.23. The molecule has 3 nitrogen and oxygen atoms in total. The smallest absolute Gasteiger partial charge is 0.337 e. The van der Waals surface area contributed by atoms with E-state index in [1.807, 2.05) is 31.4 Å². The topological polar surface area (TPSA) is 39.2 Å². The number of aryl methyl sites for hydroxylation is 2. The summed E-state index contributed by atoms with van der Waals surface area (Å²) < 4.78 is 4.69. The van der Waals surface area contributed by atoms with E-state index in [4.69, 9.17) is 0 Å². The summed E-state index contributed by atoms with van der Waals surface area (Å²) in [4.78, 5) is 15.8. The first kappa shape index (κ1) is 11.8. The first-order chi connectivity index (χ1) is 8.11. The summed E-state index contributed by atoms with van der Waals surface area (Å²) in [5, 5.41) is 3.00. The normalized spacial score (nSPS) is 10.3. The number of esters is 1. The summed E-state index contributed by atoms with van der Waals surface area (Å²) in [6.45, 7) is 3.94. The molecule has 1 heterocycles. The van der Waals surface area contributed by atoms with Crippen LogP contribution in [0.3, 0.4) is 0 Å². The van der Waals surface area contributed by atoms with Gasteiger partial charge in [-0.2, -0.15) is 0 Å². The molecule has 88 valence electrons. The van der Waals surface area contributed by atoms with Crippen LogP contribution in [-0.4, -0.2) is 18.1 Å². The van der Waals surface area contributed by atoms with E-state index < -0.39 is 0 Å². The lowest BCUT2D eigenvalue weighted by Crippen LogP contribution is -2.01. The van der Waals surface area contributed by atoms with Crippen molar-refractivity contribution in [2.75, 3.05) is 7.11 Å². The molecular formula is C13H13NO2S. The molecule has 0 radical (unpaired) electrons. The number of carbonyl (C=O) groups excluding carboxylic acids is 1. The average Bonchev–Trinajstić information content (AvgIpc) is 2.74. The van der Waals surface area contributed by atoms with E-state index in [-0.39, 0.29) is 5.97 Å². The summed E-state index contributed by atoms with van der Waals surface area (Å²) in [7, 11) is 1.38. The maximum atomic E-state index is 11.4. The Labute approximate surface area is 104 Å². The van der Waals surface area contributed by atoms with E-state index in [9.17, 15) is 4.79 Å². The Kier molecular flexibility index (Phi) is 3.24. The fourth-order valence-corrected chi connectivity index (χ4v) is 2.51. The van der Waals surface area contributed by atoms with Gasteiger partial charge >= 0.3 is 5.97 Å². The van der Waals surface area contributed by atoms with E-state index in [0.717, 1.165) is 21.8 Å². The van der Waals surface area contributed by atoms with Crippen LogP contribution in [0.2, 0.25) is 0 Å². The third-order valence-corrected chi connectivity index (χ3v) is 3.49. The minimum absolute atomic E-state index is 0.310. The maximum absolute atomic E-state index is 11.4. The third kappa shape index (κ3) is 2.36. The van der Waals surface area contributed by atoms with E-state index in [1.54, 1.807) is 17.4 Å². The number of thiazole rings is 1. The van der Waals surface area contributed by atoms with Crippen LogP contribution >= 0.6 is 11.3 Å². The monoisotopic (exact) mass is 247 g/mol. The second-order valence-corrected chi connectivity index (χ2v) is 4.67. The van der Waals surface area contributed by atoms with Gasteiger partial charge in [-0.3, -0.25) is 0 Å². The number of rotatable bonds is 2. The molecule has 4 heteroatoms. The second kappa shape index (κ2) is 4.67. The maximum Gasteiger partial charge on any atom is 0.337 e. The van der Waals surface area contributed by atoms with Crippen molar-refractivity contribution in [1.82, 2.24) is 4.98 Å². The first-order valence-corrected chi connectivity index (χ1v) is 6.11. The number of nitrogens with zero attached hydrogens (tertiary/aromatic N) is 1. The Hall–Kier alpha value is -1.68. The van der Waals surface area contributed by atoms with Gasteiger partial charge in [-0.05, 0) is 31.5 Å². The average molecular weight is 247 g/mol. The zero-order valence-corrected chi connectivity index (χ0v) is 10.8. The van der Waals surface area contributed by atoms with Crippen molar-refractivity contribution in [1.29, 1.82) is 0 Å². The molecule has 2 aromatic rings. The summed E-state index contributed by atoms with van der Waals surface area (Å²) in [5.41, 5.74) is 3.68. The van der Waals surface area contributed by atoms with Gasteiger partial charge < -0.3 is 4.74 Å². The van der Waals surface area contributed by atoms with Crippen molar-refractivity contribution in [2.45, 2.75) is 13.8 Å². The number of carbonyl (C=O) groups is 1.